The van der Waals surface area contributed by atoms with Crippen molar-refractivity contribution in [2.45, 2.75) is 6.54 Å². The van der Waals surface area contributed by atoms with Crippen molar-refractivity contribution >= 4 is 23.2 Å². The number of nitrogens with zero attached hydrogens (tertiary/aromatic N) is 1. The average molecular weight is 259 g/mol. The first-order chi connectivity index (χ1) is 7.67. The van der Waals surface area contributed by atoms with E-state index >= 15 is 0 Å². The van der Waals surface area contributed by atoms with Gasteiger partial charge in [-0.3, -0.25) is 4.90 Å². The normalized spacial score (nSPS) is 10.8. The van der Waals surface area contributed by atoms with Crippen molar-refractivity contribution in [3.05, 3.63) is 46.5 Å². The van der Waals surface area contributed by atoms with Crippen LogP contribution in [0.15, 0.2) is 30.9 Å². The predicted octanol–water partition coefficient (Wildman–Crippen LogP) is 2.94. The van der Waals surface area contributed by atoms with Gasteiger partial charge >= 0.3 is 0 Å². The second-order valence-electron chi connectivity index (χ2n) is 3.56. The first-order valence-electron chi connectivity index (χ1n) is 5.14. The lowest BCUT2D eigenvalue weighted by Gasteiger charge is -2.19. The summed E-state index contributed by atoms with van der Waals surface area (Å²) < 4.78 is 0. The fourth-order valence-electron chi connectivity index (χ4n) is 1.50. The van der Waals surface area contributed by atoms with Crippen molar-refractivity contribution in [3.8, 4) is 0 Å². The van der Waals surface area contributed by atoms with Crippen LogP contribution < -0.4 is 5.73 Å². The molecule has 0 aliphatic carbocycles. The smallest absolute Gasteiger partial charge is 0.0595 e. The lowest BCUT2D eigenvalue weighted by molar-refractivity contribution is 0.303. The molecule has 0 fully saturated rings. The third kappa shape index (κ3) is 4.14. The minimum atomic E-state index is 0.583. The summed E-state index contributed by atoms with van der Waals surface area (Å²) in [4.78, 5) is 2.20. The van der Waals surface area contributed by atoms with Gasteiger partial charge in [-0.1, -0.05) is 35.3 Å². The van der Waals surface area contributed by atoms with Crippen LogP contribution in [0.1, 0.15) is 5.56 Å². The molecular weight excluding hydrogens is 243 g/mol. The summed E-state index contributed by atoms with van der Waals surface area (Å²) in [5.41, 5.74) is 6.67. The van der Waals surface area contributed by atoms with Crippen molar-refractivity contribution in [1.82, 2.24) is 4.90 Å². The van der Waals surface area contributed by atoms with Crippen LogP contribution in [0.25, 0.3) is 0 Å². The molecule has 4 heteroatoms. The topological polar surface area (TPSA) is 29.3 Å². The van der Waals surface area contributed by atoms with Gasteiger partial charge in [-0.2, -0.15) is 0 Å². The predicted molar refractivity (Wildman–Crippen MR) is 71.0 cm³/mol. The second-order valence-corrected chi connectivity index (χ2v) is 4.38. The van der Waals surface area contributed by atoms with Gasteiger partial charge in [-0.25, -0.2) is 0 Å². The maximum Gasteiger partial charge on any atom is 0.0595 e. The van der Waals surface area contributed by atoms with Crippen molar-refractivity contribution in [2.24, 2.45) is 5.73 Å². The monoisotopic (exact) mass is 258 g/mol. The molecule has 0 heterocycles. The molecule has 0 spiro atoms. The van der Waals surface area contributed by atoms with Crippen molar-refractivity contribution < 1.29 is 0 Å². The minimum Gasteiger partial charge on any atom is -0.329 e. The quantitative estimate of drug-likeness (QED) is 0.796. The first kappa shape index (κ1) is 13.5. The summed E-state index contributed by atoms with van der Waals surface area (Å²) in [6.07, 6.45) is 1.87. The maximum atomic E-state index is 5.96. The highest BCUT2D eigenvalue weighted by atomic mass is 35.5. The van der Waals surface area contributed by atoms with E-state index in [-0.39, 0.29) is 0 Å². The van der Waals surface area contributed by atoms with Crippen LogP contribution in [0, 0.1) is 0 Å². The Bertz CT molecular complexity index is 353. The van der Waals surface area contributed by atoms with E-state index in [2.05, 4.69) is 11.5 Å². The van der Waals surface area contributed by atoms with Gasteiger partial charge in [-0.05, 0) is 17.7 Å². The molecule has 0 saturated heterocycles. The van der Waals surface area contributed by atoms with Gasteiger partial charge in [0.2, 0.25) is 0 Å². The highest BCUT2D eigenvalue weighted by molar-refractivity contribution is 6.42. The summed E-state index contributed by atoms with van der Waals surface area (Å²) in [5, 5.41) is 1.17. The summed E-state index contributed by atoms with van der Waals surface area (Å²) in [7, 11) is 0. The van der Waals surface area contributed by atoms with E-state index < -0.39 is 0 Å². The molecule has 0 aliphatic rings. The molecule has 0 unspecified atom stereocenters. The largest absolute Gasteiger partial charge is 0.329 e. The zero-order valence-corrected chi connectivity index (χ0v) is 10.6. The molecule has 0 aromatic heterocycles. The third-order valence-corrected chi connectivity index (χ3v) is 2.96. The summed E-state index contributed by atoms with van der Waals surface area (Å²) in [6.45, 7) is 6.82. The Morgan fingerprint density at radius 2 is 2.06 bits per heavy atom. The highest BCUT2D eigenvalue weighted by Gasteiger charge is 2.05. The summed E-state index contributed by atoms with van der Waals surface area (Å²) >= 11 is 11.8. The average Bonchev–Trinajstić information content (AvgIpc) is 2.24. The van der Waals surface area contributed by atoms with Crippen LogP contribution in [0.5, 0.6) is 0 Å². The molecule has 0 aliphatic heterocycles. The molecule has 1 aromatic carbocycles. The van der Waals surface area contributed by atoms with Crippen molar-refractivity contribution in [1.29, 1.82) is 0 Å². The van der Waals surface area contributed by atoms with E-state index in [1.807, 2.05) is 24.3 Å². The third-order valence-electron chi connectivity index (χ3n) is 2.22. The number of rotatable bonds is 6. The molecule has 0 saturated carbocycles. The molecule has 16 heavy (non-hydrogen) atoms. The Balaban J connectivity index is 2.68. The van der Waals surface area contributed by atoms with E-state index in [0.717, 1.165) is 25.2 Å². The number of hydrogen-bond donors (Lipinski definition) is 1. The van der Waals surface area contributed by atoms with Gasteiger partial charge < -0.3 is 5.73 Å². The Kier molecular flexibility index (Phi) is 5.85. The van der Waals surface area contributed by atoms with Gasteiger partial charge in [0.1, 0.15) is 0 Å². The molecular formula is C12H16Cl2N2. The SMILES string of the molecule is C=CCN(CCN)Cc1ccc(Cl)c(Cl)c1. The van der Waals surface area contributed by atoms with Gasteiger partial charge in [0, 0.05) is 26.2 Å². The fourth-order valence-corrected chi connectivity index (χ4v) is 1.82. The zero-order valence-electron chi connectivity index (χ0n) is 9.13. The van der Waals surface area contributed by atoms with E-state index in [1.165, 1.54) is 0 Å². The Morgan fingerprint density at radius 1 is 1.31 bits per heavy atom. The molecule has 0 radical (unpaired) electrons. The lowest BCUT2D eigenvalue weighted by atomic mass is 10.2. The zero-order chi connectivity index (χ0) is 12.0. The Hall–Kier alpha value is -0.540. The Morgan fingerprint density at radius 3 is 2.62 bits per heavy atom. The molecule has 2 nitrogen and oxygen atoms in total. The minimum absolute atomic E-state index is 0.583. The molecule has 1 rings (SSSR count). The molecule has 0 atom stereocenters. The van der Waals surface area contributed by atoms with Gasteiger partial charge in [0.05, 0.1) is 10.0 Å². The van der Waals surface area contributed by atoms with Crippen LogP contribution in [-0.2, 0) is 6.54 Å². The lowest BCUT2D eigenvalue weighted by Crippen LogP contribution is -2.29. The van der Waals surface area contributed by atoms with Gasteiger partial charge in [0.15, 0.2) is 0 Å². The number of benzene rings is 1. The van der Waals surface area contributed by atoms with Crippen LogP contribution in [0.4, 0.5) is 0 Å². The van der Waals surface area contributed by atoms with E-state index in [1.54, 1.807) is 0 Å². The molecule has 0 amide bonds. The number of halogens is 2. The van der Waals surface area contributed by atoms with Crippen LogP contribution >= 0.6 is 23.2 Å². The van der Waals surface area contributed by atoms with E-state index in [4.69, 9.17) is 28.9 Å². The van der Waals surface area contributed by atoms with Crippen LogP contribution in [0.3, 0.4) is 0 Å². The van der Waals surface area contributed by atoms with Crippen LogP contribution in [-0.4, -0.2) is 24.5 Å². The molecule has 88 valence electrons. The van der Waals surface area contributed by atoms with Gasteiger partial charge in [0.25, 0.3) is 0 Å². The highest BCUT2D eigenvalue weighted by Crippen LogP contribution is 2.23. The number of nitrogens with two attached hydrogens (primary N) is 1. The van der Waals surface area contributed by atoms with Crippen molar-refractivity contribution in [3.63, 3.8) is 0 Å². The molecule has 1 aromatic rings. The Labute approximate surface area is 107 Å². The molecule has 2 N–H and O–H groups in total. The fraction of sp³-hybridized carbons (Fsp3) is 0.333. The van der Waals surface area contributed by atoms with Crippen LogP contribution in [0.2, 0.25) is 10.0 Å². The van der Waals surface area contributed by atoms with E-state index in [0.29, 0.717) is 16.6 Å². The maximum absolute atomic E-state index is 5.96. The second kappa shape index (κ2) is 6.92. The summed E-state index contributed by atoms with van der Waals surface area (Å²) in [6, 6.07) is 5.67. The first-order valence-corrected chi connectivity index (χ1v) is 5.90. The van der Waals surface area contributed by atoms with E-state index in [9.17, 15) is 0 Å². The van der Waals surface area contributed by atoms with Gasteiger partial charge in [-0.15, -0.1) is 6.58 Å². The standard InChI is InChI=1S/C12H16Cl2N2/c1-2-6-16(7-5-15)9-10-3-4-11(13)12(14)8-10/h2-4,8H,1,5-7,9,15H2. The number of hydrogen-bond acceptors (Lipinski definition) is 2. The molecule has 0 bridgehead atoms. The summed E-state index contributed by atoms with van der Waals surface area (Å²) in [5.74, 6) is 0. The van der Waals surface area contributed by atoms with Crippen molar-refractivity contribution in [2.75, 3.05) is 19.6 Å².